The second kappa shape index (κ2) is 5.47. The fraction of sp³-hybridized carbons (Fsp3) is 0.438. The lowest BCUT2D eigenvalue weighted by atomic mass is 9.87. The Morgan fingerprint density at radius 2 is 1.79 bits per heavy atom. The molecule has 1 fully saturated rings. The fourth-order valence-electron chi connectivity index (χ4n) is 3.08. The van der Waals surface area contributed by atoms with Gasteiger partial charge in [0, 0.05) is 11.6 Å². The predicted octanol–water partition coefficient (Wildman–Crippen LogP) is 4.36. The smallest absolute Gasteiger partial charge is 0.169 e. The van der Waals surface area contributed by atoms with E-state index in [2.05, 4.69) is 23.4 Å². The Morgan fingerprint density at radius 1 is 1.05 bits per heavy atom. The largest absolute Gasteiger partial charge is 0.381 e. The molecule has 0 atom stereocenters. The molecule has 1 saturated carbocycles. The van der Waals surface area contributed by atoms with Crippen molar-refractivity contribution >= 4 is 5.82 Å². The van der Waals surface area contributed by atoms with Gasteiger partial charge in [-0.1, -0.05) is 55.1 Å². The number of benzene rings is 1. The van der Waals surface area contributed by atoms with Crippen LogP contribution < -0.4 is 5.73 Å². The number of rotatable bonds is 2. The van der Waals surface area contributed by atoms with Crippen molar-refractivity contribution in [2.75, 3.05) is 5.73 Å². The minimum Gasteiger partial charge on any atom is -0.381 e. The Kier molecular flexibility index (Phi) is 3.53. The number of nitrogens with zero attached hydrogens (tertiary/aromatic N) is 1. The van der Waals surface area contributed by atoms with Crippen LogP contribution in [0, 0.1) is 0 Å². The topological polar surface area (TPSA) is 52.0 Å². The number of anilines is 1. The lowest BCUT2D eigenvalue weighted by Crippen LogP contribution is -1.99. The number of hydrogen-bond acceptors (Lipinski definition) is 3. The van der Waals surface area contributed by atoms with Gasteiger partial charge in [0.15, 0.2) is 11.6 Å². The maximum Gasteiger partial charge on any atom is 0.169 e. The highest BCUT2D eigenvalue weighted by Gasteiger charge is 2.19. The Morgan fingerprint density at radius 3 is 2.47 bits per heavy atom. The Balaban J connectivity index is 1.96. The van der Waals surface area contributed by atoms with Gasteiger partial charge in [0.25, 0.3) is 0 Å². The van der Waals surface area contributed by atoms with Gasteiger partial charge in [-0.3, -0.25) is 0 Å². The zero-order chi connectivity index (χ0) is 13.1. The Bertz CT molecular complexity index is 539. The maximum absolute atomic E-state index is 5.66. The van der Waals surface area contributed by atoms with Gasteiger partial charge in [0.1, 0.15) is 0 Å². The van der Waals surface area contributed by atoms with Crippen molar-refractivity contribution in [3.63, 3.8) is 0 Å². The highest BCUT2D eigenvalue weighted by atomic mass is 16.5. The average Bonchev–Trinajstić information content (AvgIpc) is 2.71. The first-order valence-electron chi connectivity index (χ1n) is 7.16. The molecule has 1 aliphatic carbocycles. The SMILES string of the molecule is Nc1cc(-c2ccccc2C2CCCCCC2)on1. The third-order valence-electron chi connectivity index (χ3n) is 4.05. The number of nitrogen functional groups attached to an aromatic ring is 1. The fourth-order valence-corrected chi connectivity index (χ4v) is 3.08. The average molecular weight is 256 g/mol. The molecule has 1 heterocycles. The molecule has 2 N–H and O–H groups in total. The van der Waals surface area contributed by atoms with E-state index in [-0.39, 0.29) is 0 Å². The van der Waals surface area contributed by atoms with Crippen LogP contribution in [0.2, 0.25) is 0 Å². The van der Waals surface area contributed by atoms with Crippen molar-refractivity contribution in [3.05, 3.63) is 35.9 Å². The lowest BCUT2D eigenvalue weighted by molar-refractivity contribution is 0.434. The molecule has 100 valence electrons. The van der Waals surface area contributed by atoms with Gasteiger partial charge in [0.2, 0.25) is 0 Å². The van der Waals surface area contributed by atoms with E-state index in [1.165, 1.54) is 44.1 Å². The van der Waals surface area contributed by atoms with E-state index >= 15 is 0 Å². The predicted molar refractivity (Wildman–Crippen MR) is 76.8 cm³/mol. The second-order valence-electron chi connectivity index (χ2n) is 5.39. The summed E-state index contributed by atoms with van der Waals surface area (Å²) in [6.45, 7) is 0. The van der Waals surface area contributed by atoms with Crippen LogP contribution in [-0.2, 0) is 0 Å². The molecule has 0 amide bonds. The van der Waals surface area contributed by atoms with Gasteiger partial charge in [-0.05, 0) is 24.3 Å². The molecule has 1 aromatic carbocycles. The van der Waals surface area contributed by atoms with Crippen LogP contribution in [0.3, 0.4) is 0 Å². The molecule has 19 heavy (non-hydrogen) atoms. The first-order chi connectivity index (χ1) is 9.34. The molecule has 3 heteroatoms. The molecular formula is C16H20N2O. The highest BCUT2D eigenvalue weighted by molar-refractivity contribution is 5.65. The number of aromatic nitrogens is 1. The Labute approximate surface area is 113 Å². The molecule has 1 aromatic heterocycles. The van der Waals surface area contributed by atoms with Crippen molar-refractivity contribution in [1.82, 2.24) is 5.16 Å². The van der Waals surface area contributed by atoms with Gasteiger partial charge in [-0.15, -0.1) is 0 Å². The number of hydrogen-bond donors (Lipinski definition) is 1. The van der Waals surface area contributed by atoms with E-state index in [4.69, 9.17) is 10.3 Å². The van der Waals surface area contributed by atoms with Gasteiger partial charge >= 0.3 is 0 Å². The Hall–Kier alpha value is -1.77. The summed E-state index contributed by atoms with van der Waals surface area (Å²) in [6, 6.07) is 10.3. The van der Waals surface area contributed by atoms with Crippen LogP contribution in [0.15, 0.2) is 34.9 Å². The summed E-state index contributed by atoms with van der Waals surface area (Å²) in [4.78, 5) is 0. The minimum atomic E-state index is 0.450. The van der Waals surface area contributed by atoms with Crippen molar-refractivity contribution < 1.29 is 4.52 Å². The van der Waals surface area contributed by atoms with Crippen LogP contribution in [0.4, 0.5) is 5.82 Å². The minimum absolute atomic E-state index is 0.450. The summed E-state index contributed by atoms with van der Waals surface area (Å²) < 4.78 is 5.34. The van der Waals surface area contributed by atoms with Gasteiger partial charge in [0.05, 0.1) is 0 Å². The van der Waals surface area contributed by atoms with E-state index in [0.717, 1.165) is 11.3 Å². The van der Waals surface area contributed by atoms with E-state index in [0.29, 0.717) is 11.7 Å². The first-order valence-corrected chi connectivity index (χ1v) is 7.16. The molecule has 2 aromatic rings. The molecule has 0 unspecified atom stereocenters. The molecule has 3 nitrogen and oxygen atoms in total. The summed E-state index contributed by atoms with van der Waals surface area (Å²) in [5.74, 6) is 1.88. The summed E-state index contributed by atoms with van der Waals surface area (Å²) in [5, 5.41) is 3.80. The third kappa shape index (κ3) is 2.65. The van der Waals surface area contributed by atoms with Crippen molar-refractivity contribution in [2.24, 2.45) is 0 Å². The molecular weight excluding hydrogens is 236 g/mol. The van der Waals surface area contributed by atoms with Gasteiger partial charge < -0.3 is 10.3 Å². The first kappa shape index (κ1) is 12.3. The molecule has 0 spiro atoms. The van der Waals surface area contributed by atoms with Crippen LogP contribution in [0.1, 0.15) is 50.0 Å². The summed E-state index contributed by atoms with van der Waals surface area (Å²) in [5.41, 5.74) is 8.21. The molecule has 0 radical (unpaired) electrons. The zero-order valence-corrected chi connectivity index (χ0v) is 11.1. The summed E-state index contributed by atoms with van der Waals surface area (Å²) >= 11 is 0. The van der Waals surface area contributed by atoms with Crippen LogP contribution in [0.25, 0.3) is 11.3 Å². The second-order valence-corrected chi connectivity index (χ2v) is 5.39. The zero-order valence-electron chi connectivity index (χ0n) is 11.1. The van der Waals surface area contributed by atoms with E-state index in [9.17, 15) is 0 Å². The molecule has 0 bridgehead atoms. The van der Waals surface area contributed by atoms with E-state index in [1.54, 1.807) is 0 Å². The maximum atomic E-state index is 5.66. The molecule has 0 saturated heterocycles. The lowest BCUT2D eigenvalue weighted by Gasteiger charge is -2.17. The standard InChI is InChI=1S/C16H20N2O/c17-16-11-15(19-18-16)14-10-6-5-9-13(14)12-7-3-1-2-4-8-12/h5-6,9-12H,1-4,7-8H2,(H2,17,18). The summed E-state index contributed by atoms with van der Waals surface area (Å²) in [7, 11) is 0. The van der Waals surface area contributed by atoms with Crippen LogP contribution in [-0.4, -0.2) is 5.16 Å². The quantitative estimate of drug-likeness (QED) is 0.812. The molecule has 1 aliphatic rings. The monoisotopic (exact) mass is 256 g/mol. The normalized spacial score (nSPS) is 17.3. The highest BCUT2D eigenvalue weighted by Crippen LogP contribution is 2.37. The van der Waals surface area contributed by atoms with E-state index in [1.807, 2.05) is 12.1 Å². The van der Waals surface area contributed by atoms with Crippen molar-refractivity contribution in [1.29, 1.82) is 0 Å². The molecule has 3 rings (SSSR count). The van der Waals surface area contributed by atoms with Crippen molar-refractivity contribution in [2.45, 2.75) is 44.4 Å². The van der Waals surface area contributed by atoms with E-state index < -0.39 is 0 Å². The number of nitrogens with two attached hydrogens (primary N) is 1. The molecule has 0 aliphatic heterocycles. The van der Waals surface area contributed by atoms with Crippen LogP contribution in [0.5, 0.6) is 0 Å². The van der Waals surface area contributed by atoms with Crippen LogP contribution >= 0.6 is 0 Å². The van der Waals surface area contributed by atoms with Gasteiger partial charge in [-0.2, -0.15) is 0 Å². The van der Waals surface area contributed by atoms with Crippen molar-refractivity contribution in [3.8, 4) is 11.3 Å². The van der Waals surface area contributed by atoms with Gasteiger partial charge in [-0.25, -0.2) is 0 Å². The third-order valence-corrected chi connectivity index (χ3v) is 4.05. The summed E-state index contributed by atoms with van der Waals surface area (Å²) in [6.07, 6.45) is 7.96.